The lowest BCUT2D eigenvalue weighted by molar-refractivity contribution is 0.0846. The molecule has 0 radical (unpaired) electrons. The Hall–Kier alpha value is -4.20. The maximum atomic E-state index is 12.3. The van der Waals surface area contributed by atoms with Crippen molar-refractivity contribution in [1.82, 2.24) is 21.2 Å². The average Bonchev–Trinajstić information content (AvgIpc) is 2.77. The molecule has 0 spiro atoms. The highest BCUT2D eigenvalue weighted by Gasteiger charge is 2.11. The number of rotatable bonds is 5. The number of aryl methyl sites for hydroxylation is 1. The van der Waals surface area contributed by atoms with Gasteiger partial charge in [0.25, 0.3) is 17.7 Å². The van der Waals surface area contributed by atoms with E-state index in [2.05, 4.69) is 21.2 Å². The third kappa shape index (κ3) is 4.99. The fraction of sp³-hybridized carbons (Fsp3) is 0.0909. The molecule has 152 valence electrons. The molecule has 3 amide bonds. The van der Waals surface area contributed by atoms with Gasteiger partial charge in [-0.15, -0.1) is 0 Å². The lowest BCUT2D eigenvalue weighted by atomic mass is 10.1. The first-order valence-electron chi connectivity index (χ1n) is 9.10. The highest BCUT2D eigenvalue weighted by Crippen LogP contribution is 2.22. The zero-order chi connectivity index (χ0) is 21.5. The van der Waals surface area contributed by atoms with E-state index >= 15 is 0 Å². The molecule has 1 aromatic heterocycles. The number of amides is 3. The smallest absolute Gasteiger partial charge is 0.269 e. The largest absolute Gasteiger partial charge is 0.457 e. The summed E-state index contributed by atoms with van der Waals surface area (Å²) in [7, 11) is 1.52. The molecular weight excluding hydrogens is 384 g/mol. The molecule has 0 saturated heterocycles. The summed E-state index contributed by atoms with van der Waals surface area (Å²) in [6, 6.07) is 16.6. The number of carbonyl (C=O) groups excluding carboxylic acids is 3. The van der Waals surface area contributed by atoms with Crippen LogP contribution in [0.2, 0.25) is 0 Å². The number of ether oxygens (including phenoxy) is 1. The van der Waals surface area contributed by atoms with Crippen LogP contribution in [0.3, 0.4) is 0 Å². The average molecular weight is 404 g/mol. The second-order valence-corrected chi connectivity index (χ2v) is 6.31. The second-order valence-electron chi connectivity index (χ2n) is 6.31. The van der Waals surface area contributed by atoms with E-state index in [1.54, 1.807) is 42.5 Å². The Kier molecular flexibility index (Phi) is 6.39. The number of hydrogen-bond acceptors (Lipinski definition) is 5. The van der Waals surface area contributed by atoms with Gasteiger partial charge in [-0.2, -0.15) is 0 Å². The van der Waals surface area contributed by atoms with Crippen LogP contribution in [0.5, 0.6) is 11.5 Å². The van der Waals surface area contributed by atoms with Crippen molar-refractivity contribution in [3.63, 3.8) is 0 Å². The van der Waals surface area contributed by atoms with Gasteiger partial charge in [0.05, 0.1) is 0 Å². The van der Waals surface area contributed by atoms with E-state index in [4.69, 9.17) is 4.74 Å². The normalized spacial score (nSPS) is 10.1. The zero-order valence-corrected chi connectivity index (χ0v) is 16.4. The molecule has 3 rings (SSSR count). The van der Waals surface area contributed by atoms with Gasteiger partial charge in [-0.05, 0) is 48.9 Å². The van der Waals surface area contributed by atoms with Crippen LogP contribution in [0.1, 0.15) is 36.8 Å². The summed E-state index contributed by atoms with van der Waals surface area (Å²) in [6.07, 6.45) is 1.47. The van der Waals surface area contributed by atoms with Crippen molar-refractivity contribution in [2.24, 2.45) is 0 Å². The Balaban J connectivity index is 1.60. The van der Waals surface area contributed by atoms with E-state index in [0.717, 1.165) is 5.56 Å². The first-order chi connectivity index (χ1) is 14.5. The number of nitrogens with one attached hydrogen (secondary N) is 3. The lowest BCUT2D eigenvalue weighted by Crippen LogP contribution is -2.41. The van der Waals surface area contributed by atoms with Crippen LogP contribution in [-0.2, 0) is 0 Å². The van der Waals surface area contributed by atoms with Gasteiger partial charge < -0.3 is 10.1 Å². The SMILES string of the molecule is CNC(=O)c1cc(Oc2ccc(C(=O)NNC(=O)c3ccccc3C)cc2)ccn1. The van der Waals surface area contributed by atoms with Gasteiger partial charge in [0, 0.05) is 30.4 Å². The van der Waals surface area contributed by atoms with Crippen LogP contribution in [0.4, 0.5) is 0 Å². The first-order valence-corrected chi connectivity index (χ1v) is 9.10. The summed E-state index contributed by atoms with van der Waals surface area (Å²) in [5, 5.41) is 2.49. The van der Waals surface area contributed by atoms with Crippen LogP contribution in [0, 0.1) is 6.92 Å². The highest BCUT2D eigenvalue weighted by molar-refractivity contribution is 5.99. The van der Waals surface area contributed by atoms with Crippen molar-refractivity contribution in [2.75, 3.05) is 7.05 Å². The first kappa shape index (κ1) is 20.5. The summed E-state index contributed by atoms with van der Waals surface area (Å²) in [5.74, 6) is -0.267. The van der Waals surface area contributed by atoms with Gasteiger partial charge in [0.15, 0.2) is 0 Å². The molecule has 0 bridgehead atoms. The molecule has 0 aliphatic heterocycles. The van der Waals surface area contributed by atoms with Crippen LogP contribution in [0.25, 0.3) is 0 Å². The monoisotopic (exact) mass is 404 g/mol. The Labute approximate surface area is 173 Å². The van der Waals surface area contributed by atoms with Crippen molar-refractivity contribution >= 4 is 17.7 Å². The Morgan fingerprint density at radius 2 is 1.53 bits per heavy atom. The van der Waals surface area contributed by atoms with Crippen LogP contribution < -0.4 is 20.9 Å². The number of benzene rings is 2. The molecule has 0 saturated carbocycles. The minimum Gasteiger partial charge on any atom is -0.457 e. The molecule has 3 N–H and O–H groups in total. The van der Waals surface area contributed by atoms with Crippen molar-refractivity contribution < 1.29 is 19.1 Å². The van der Waals surface area contributed by atoms with Crippen LogP contribution in [-0.4, -0.2) is 29.8 Å². The van der Waals surface area contributed by atoms with E-state index in [0.29, 0.717) is 22.6 Å². The van der Waals surface area contributed by atoms with Gasteiger partial charge >= 0.3 is 0 Å². The second kappa shape index (κ2) is 9.33. The quantitative estimate of drug-likeness (QED) is 0.567. The third-order valence-corrected chi connectivity index (χ3v) is 4.22. The van der Waals surface area contributed by atoms with E-state index in [1.807, 2.05) is 19.1 Å². The predicted octanol–water partition coefficient (Wildman–Crippen LogP) is 2.62. The maximum absolute atomic E-state index is 12.3. The van der Waals surface area contributed by atoms with Crippen LogP contribution in [0.15, 0.2) is 66.9 Å². The summed E-state index contributed by atoms with van der Waals surface area (Å²) in [5.41, 5.74) is 6.65. The molecular formula is C22H20N4O4. The number of pyridine rings is 1. The molecule has 1 heterocycles. The molecule has 0 atom stereocenters. The fourth-order valence-electron chi connectivity index (χ4n) is 2.62. The molecule has 0 fully saturated rings. The van der Waals surface area contributed by atoms with Gasteiger partial charge in [0.2, 0.25) is 0 Å². The maximum Gasteiger partial charge on any atom is 0.269 e. The van der Waals surface area contributed by atoms with Gasteiger partial charge in [0.1, 0.15) is 17.2 Å². The van der Waals surface area contributed by atoms with E-state index in [1.165, 1.54) is 19.3 Å². The molecule has 8 nitrogen and oxygen atoms in total. The highest BCUT2D eigenvalue weighted by atomic mass is 16.5. The zero-order valence-electron chi connectivity index (χ0n) is 16.4. The number of hydrazine groups is 1. The summed E-state index contributed by atoms with van der Waals surface area (Å²) < 4.78 is 5.70. The van der Waals surface area contributed by atoms with Crippen LogP contribution >= 0.6 is 0 Å². The van der Waals surface area contributed by atoms with E-state index < -0.39 is 11.8 Å². The van der Waals surface area contributed by atoms with Gasteiger partial charge in [-0.3, -0.25) is 30.2 Å². The molecule has 30 heavy (non-hydrogen) atoms. The topological polar surface area (TPSA) is 109 Å². The molecule has 0 aliphatic rings. The van der Waals surface area contributed by atoms with E-state index in [-0.39, 0.29) is 11.6 Å². The fourth-order valence-corrected chi connectivity index (χ4v) is 2.62. The minimum atomic E-state index is -0.464. The minimum absolute atomic E-state index is 0.232. The number of hydrogen-bond donors (Lipinski definition) is 3. The van der Waals surface area contributed by atoms with Crippen molar-refractivity contribution in [1.29, 1.82) is 0 Å². The third-order valence-electron chi connectivity index (χ3n) is 4.22. The lowest BCUT2D eigenvalue weighted by Gasteiger charge is -2.10. The Morgan fingerprint density at radius 3 is 2.23 bits per heavy atom. The summed E-state index contributed by atoms with van der Waals surface area (Å²) in [4.78, 5) is 40.1. The van der Waals surface area contributed by atoms with Gasteiger partial charge in [-0.25, -0.2) is 0 Å². The number of carbonyl (C=O) groups is 3. The Morgan fingerprint density at radius 1 is 0.833 bits per heavy atom. The van der Waals surface area contributed by atoms with Crippen molar-refractivity contribution in [3.05, 3.63) is 89.2 Å². The van der Waals surface area contributed by atoms with Crippen molar-refractivity contribution in [2.45, 2.75) is 6.92 Å². The molecule has 0 unspecified atom stereocenters. The molecule has 8 heteroatoms. The standard InChI is InChI=1S/C22H20N4O4/c1-14-5-3-4-6-18(14)21(28)26-25-20(27)15-7-9-16(10-8-15)30-17-11-12-24-19(13-17)22(29)23-2/h3-13H,1-2H3,(H,23,29)(H,25,27)(H,26,28). The number of aromatic nitrogens is 1. The Bertz CT molecular complexity index is 1080. The number of nitrogens with zero attached hydrogens (tertiary/aromatic N) is 1. The summed E-state index contributed by atoms with van der Waals surface area (Å²) >= 11 is 0. The van der Waals surface area contributed by atoms with Gasteiger partial charge in [-0.1, -0.05) is 18.2 Å². The molecule has 2 aromatic carbocycles. The summed E-state index contributed by atoms with van der Waals surface area (Å²) in [6.45, 7) is 1.82. The van der Waals surface area contributed by atoms with E-state index in [9.17, 15) is 14.4 Å². The molecule has 3 aromatic rings. The van der Waals surface area contributed by atoms with Crippen molar-refractivity contribution in [3.8, 4) is 11.5 Å². The molecule has 0 aliphatic carbocycles. The predicted molar refractivity (Wildman–Crippen MR) is 110 cm³/mol.